The van der Waals surface area contributed by atoms with Gasteiger partial charge in [-0.2, -0.15) is 0 Å². The predicted octanol–water partition coefficient (Wildman–Crippen LogP) is 2.15. The van der Waals surface area contributed by atoms with Crippen LogP contribution < -0.4 is 5.32 Å². The second-order valence-electron chi connectivity index (χ2n) is 5.01. The van der Waals surface area contributed by atoms with Crippen LogP contribution in [0.15, 0.2) is 17.5 Å². The minimum atomic E-state index is -0.359. The second kappa shape index (κ2) is 6.19. The third-order valence-corrected chi connectivity index (χ3v) is 4.27. The van der Waals surface area contributed by atoms with Crippen LogP contribution in [0.5, 0.6) is 0 Å². The van der Waals surface area contributed by atoms with Crippen molar-refractivity contribution in [3.05, 3.63) is 22.4 Å². The van der Waals surface area contributed by atoms with Crippen molar-refractivity contribution in [1.29, 1.82) is 0 Å². The summed E-state index contributed by atoms with van der Waals surface area (Å²) in [5, 5.41) is 4.85. The summed E-state index contributed by atoms with van der Waals surface area (Å²) in [6, 6.07) is 3.61. The molecule has 0 radical (unpaired) electrons. The maximum absolute atomic E-state index is 12.5. The fraction of sp³-hybridized carbons (Fsp3) is 0.571. The summed E-state index contributed by atoms with van der Waals surface area (Å²) in [4.78, 5) is 27.3. The molecule has 19 heavy (non-hydrogen) atoms. The quantitative estimate of drug-likeness (QED) is 0.918. The summed E-state index contributed by atoms with van der Waals surface area (Å²) in [6.07, 6.45) is 1.98. The van der Waals surface area contributed by atoms with Gasteiger partial charge in [0.15, 0.2) is 0 Å². The van der Waals surface area contributed by atoms with Crippen LogP contribution in [0.1, 0.15) is 38.0 Å². The molecule has 1 N–H and O–H groups in total. The van der Waals surface area contributed by atoms with Gasteiger partial charge in [0.25, 0.3) is 0 Å². The van der Waals surface area contributed by atoms with Crippen molar-refractivity contribution in [1.82, 2.24) is 10.2 Å². The summed E-state index contributed by atoms with van der Waals surface area (Å²) in [7, 11) is 0. The molecule has 1 fully saturated rings. The molecule has 104 valence electrons. The predicted molar refractivity (Wildman–Crippen MR) is 75.8 cm³/mol. The van der Waals surface area contributed by atoms with E-state index >= 15 is 0 Å². The maximum Gasteiger partial charge on any atom is 0.245 e. The Morgan fingerprint density at radius 2 is 2.26 bits per heavy atom. The van der Waals surface area contributed by atoms with E-state index in [0.717, 1.165) is 11.3 Å². The number of amides is 2. The number of nitrogens with one attached hydrogen (secondary N) is 1. The molecule has 0 aromatic carbocycles. The number of carbonyl (C=O) groups is 2. The lowest BCUT2D eigenvalue weighted by atomic mass is 10.1. The molecule has 2 heterocycles. The molecule has 1 aliphatic rings. The van der Waals surface area contributed by atoms with E-state index in [-0.39, 0.29) is 23.9 Å². The smallest absolute Gasteiger partial charge is 0.245 e. The minimum absolute atomic E-state index is 0.0204. The maximum atomic E-state index is 12.5. The summed E-state index contributed by atoms with van der Waals surface area (Å²) >= 11 is 1.64. The van der Waals surface area contributed by atoms with E-state index < -0.39 is 0 Å². The van der Waals surface area contributed by atoms with Crippen LogP contribution in [-0.2, 0) is 16.1 Å². The van der Waals surface area contributed by atoms with Crippen LogP contribution in [0.25, 0.3) is 0 Å². The first-order valence-electron chi connectivity index (χ1n) is 6.74. The third-order valence-electron chi connectivity index (χ3n) is 3.41. The number of hydrogen-bond donors (Lipinski definition) is 1. The molecule has 1 saturated heterocycles. The Labute approximate surface area is 117 Å². The molecule has 0 aliphatic carbocycles. The van der Waals surface area contributed by atoms with E-state index in [4.69, 9.17) is 0 Å². The van der Waals surface area contributed by atoms with E-state index in [1.165, 1.54) is 0 Å². The van der Waals surface area contributed by atoms with Gasteiger partial charge in [0.1, 0.15) is 6.04 Å². The van der Waals surface area contributed by atoms with Gasteiger partial charge in [-0.3, -0.25) is 9.59 Å². The van der Waals surface area contributed by atoms with Gasteiger partial charge in [0.2, 0.25) is 11.8 Å². The lowest BCUT2D eigenvalue weighted by Gasteiger charge is -2.28. The van der Waals surface area contributed by atoms with Crippen molar-refractivity contribution in [2.24, 2.45) is 0 Å². The Morgan fingerprint density at radius 3 is 2.89 bits per heavy atom. The SMILES string of the molecule is CCCC1NC(=O)CC(C)N(Cc2cccs2)C1=O. The number of thiophene rings is 1. The Balaban J connectivity index is 2.17. The summed E-state index contributed by atoms with van der Waals surface area (Å²) < 4.78 is 0. The zero-order valence-electron chi connectivity index (χ0n) is 11.4. The number of nitrogens with zero attached hydrogens (tertiary/aromatic N) is 1. The average molecular weight is 280 g/mol. The lowest BCUT2D eigenvalue weighted by molar-refractivity contribution is -0.135. The van der Waals surface area contributed by atoms with Crippen molar-refractivity contribution in [3.63, 3.8) is 0 Å². The number of rotatable bonds is 4. The van der Waals surface area contributed by atoms with E-state index in [9.17, 15) is 9.59 Å². The molecule has 0 saturated carbocycles. The molecule has 0 spiro atoms. The molecular weight excluding hydrogens is 260 g/mol. The zero-order valence-corrected chi connectivity index (χ0v) is 12.2. The molecule has 2 amide bonds. The van der Waals surface area contributed by atoms with Crippen molar-refractivity contribution < 1.29 is 9.59 Å². The molecule has 1 aromatic rings. The van der Waals surface area contributed by atoms with E-state index in [1.54, 1.807) is 11.3 Å². The highest BCUT2D eigenvalue weighted by Gasteiger charge is 2.33. The Bertz CT molecular complexity index is 444. The first kappa shape index (κ1) is 14.1. The van der Waals surface area contributed by atoms with E-state index in [0.29, 0.717) is 19.4 Å². The van der Waals surface area contributed by atoms with Gasteiger partial charge in [-0.15, -0.1) is 11.3 Å². The highest BCUT2D eigenvalue weighted by atomic mass is 32.1. The first-order chi connectivity index (χ1) is 9.11. The average Bonchev–Trinajstić information content (AvgIpc) is 2.84. The fourth-order valence-electron chi connectivity index (χ4n) is 2.40. The monoisotopic (exact) mass is 280 g/mol. The van der Waals surface area contributed by atoms with Crippen LogP contribution in [0.3, 0.4) is 0 Å². The standard InChI is InChI=1S/C14H20N2O2S/c1-3-5-12-14(18)16(9-11-6-4-7-19-11)10(2)8-13(17)15-12/h4,6-7,10,12H,3,5,8-9H2,1-2H3,(H,15,17). The van der Waals surface area contributed by atoms with Crippen molar-refractivity contribution in [2.75, 3.05) is 0 Å². The Morgan fingerprint density at radius 1 is 1.47 bits per heavy atom. The van der Waals surface area contributed by atoms with Crippen molar-refractivity contribution in [2.45, 2.75) is 51.7 Å². The van der Waals surface area contributed by atoms with Gasteiger partial charge in [0, 0.05) is 17.3 Å². The van der Waals surface area contributed by atoms with Gasteiger partial charge >= 0.3 is 0 Å². The molecule has 1 aromatic heterocycles. The number of carbonyl (C=O) groups excluding carboxylic acids is 2. The van der Waals surface area contributed by atoms with E-state index in [1.807, 2.05) is 36.3 Å². The van der Waals surface area contributed by atoms with Gasteiger partial charge < -0.3 is 10.2 Å². The second-order valence-corrected chi connectivity index (χ2v) is 6.04. The van der Waals surface area contributed by atoms with Crippen LogP contribution in [-0.4, -0.2) is 28.8 Å². The van der Waals surface area contributed by atoms with Gasteiger partial charge in [-0.1, -0.05) is 19.4 Å². The molecule has 1 aliphatic heterocycles. The molecule has 5 heteroatoms. The Hall–Kier alpha value is -1.36. The summed E-state index contributed by atoms with van der Waals surface area (Å²) in [5.74, 6) is 0.0292. The zero-order chi connectivity index (χ0) is 13.8. The highest BCUT2D eigenvalue weighted by Crippen LogP contribution is 2.19. The van der Waals surface area contributed by atoms with Gasteiger partial charge in [0.05, 0.1) is 6.54 Å². The molecule has 0 bridgehead atoms. The Kier molecular flexibility index (Phi) is 4.58. The minimum Gasteiger partial charge on any atom is -0.344 e. The normalized spacial score (nSPS) is 24.2. The molecule has 4 nitrogen and oxygen atoms in total. The van der Waals surface area contributed by atoms with Crippen LogP contribution in [0.2, 0.25) is 0 Å². The van der Waals surface area contributed by atoms with E-state index in [2.05, 4.69) is 5.32 Å². The van der Waals surface area contributed by atoms with Crippen molar-refractivity contribution in [3.8, 4) is 0 Å². The largest absolute Gasteiger partial charge is 0.344 e. The van der Waals surface area contributed by atoms with Crippen LogP contribution >= 0.6 is 11.3 Å². The third kappa shape index (κ3) is 3.35. The highest BCUT2D eigenvalue weighted by molar-refractivity contribution is 7.09. The summed E-state index contributed by atoms with van der Waals surface area (Å²) in [6.45, 7) is 4.57. The summed E-state index contributed by atoms with van der Waals surface area (Å²) in [5.41, 5.74) is 0. The van der Waals surface area contributed by atoms with Gasteiger partial charge in [-0.25, -0.2) is 0 Å². The molecular formula is C14H20N2O2S. The fourth-order valence-corrected chi connectivity index (χ4v) is 3.10. The van der Waals surface area contributed by atoms with Crippen LogP contribution in [0, 0.1) is 0 Å². The van der Waals surface area contributed by atoms with Crippen molar-refractivity contribution >= 4 is 23.2 Å². The number of hydrogen-bond acceptors (Lipinski definition) is 3. The topological polar surface area (TPSA) is 49.4 Å². The first-order valence-corrected chi connectivity index (χ1v) is 7.62. The molecule has 2 rings (SSSR count). The lowest BCUT2D eigenvalue weighted by Crippen LogP contribution is -2.45. The van der Waals surface area contributed by atoms with Crippen LogP contribution in [0.4, 0.5) is 0 Å². The molecule has 2 unspecified atom stereocenters. The van der Waals surface area contributed by atoms with Gasteiger partial charge in [-0.05, 0) is 24.8 Å². The molecule has 2 atom stereocenters.